The summed E-state index contributed by atoms with van der Waals surface area (Å²) in [5, 5.41) is 15.5. The van der Waals surface area contributed by atoms with Gasteiger partial charge in [-0.3, -0.25) is 9.59 Å². The van der Waals surface area contributed by atoms with Crippen LogP contribution in [0.15, 0.2) is 30.5 Å². The quantitative estimate of drug-likeness (QED) is 0.799. The van der Waals surface area contributed by atoms with Gasteiger partial charge in [0.1, 0.15) is 0 Å². The molecule has 1 aromatic carbocycles. The standard InChI is InChI=1S/C18H20F3N3O3/c1-11-14(16(27)23-17(2,3)8-7-15(25)26)10-22-24(11)13-6-4-5-12(9-13)18(19,20)21/h4-6,9-10H,7-8H2,1-3H3,(H,23,27)(H,25,26). The van der Waals surface area contributed by atoms with Gasteiger partial charge in [0.25, 0.3) is 5.91 Å². The second-order valence-corrected chi connectivity index (χ2v) is 6.84. The predicted molar refractivity (Wildman–Crippen MR) is 91.7 cm³/mol. The van der Waals surface area contributed by atoms with E-state index in [9.17, 15) is 22.8 Å². The monoisotopic (exact) mass is 383 g/mol. The van der Waals surface area contributed by atoms with E-state index in [-0.39, 0.29) is 24.1 Å². The molecule has 9 heteroatoms. The highest BCUT2D eigenvalue weighted by atomic mass is 19.4. The summed E-state index contributed by atoms with van der Waals surface area (Å²) in [4.78, 5) is 23.2. The summed E-state index contributed by atoms with van der Waals surface area (Å²) < 4.78 is 39.9. The van der Waals surface area contributed by atoms with Crippen molar-refractivity contribution >= 4 is 11.9 Å². The number of aromatic nitrogens is 2. The first-order chi connectivity index (χ1) is 12.4. The molecule has 0 fully saturated rings. The number of carbonyl (C=O) groups is 2. The Morgan fingerprint density at radius 2 is 1.93 bits per heavy atom. The third-order valence-electron chi connectivity index (χ3n) is 4.09. The van der Waals surface area contributed by atoms with Gasteiger partial charge in [0, 0.05) is 12.0 Å². The fraction of sp³-hybridized carbons (Fsp3) is 0.389. The molecule has 2 N–H and O–H groups in total. The van der Waals surface area contributed by atoms with Gasteiger partial charge >= 0.3 is 12.1 Å². The van der Waals surface area contributed by atoms with Crippen molar-refractivity contribution in [1.29, 1.82) is 0 Å². The van der Waals surface area contributed by atoms with Crippen molar-refractivity contribution in [3.63, 3.8) is 0 Å². The van der Waals surface area contributed by atoms with Gasteiger partial charge in [0.15, 0.2) is 0 Å². The molecular formula is C18H20F3N3O3. The number of benzene rings is 1. The molecule has 0 bridgehead atoms. The van der Waals surface area contributed by atoms with E-state index in [1.807, 2.05) is 0 Å². The highest BCUT2D eigenvalue weighted by molar-refractivity contribution is 5.95. The molecule has 0 aliphatic carbocycles. The van der Waals surface area contributed by atoms with Gasteiger partial charge in [-0.05, 0) is 45.4 Å². The Bertz CT molecular complexity index is 857. The number of alkyl halides is 3. The fourth-order valence-electron chi connectivity index (χ4n) is 2.56. The van der Waals surface area contributed by atoms with E-state index in [0.29, 0.717) is 5.69 Å². The van der Waals surface area contributed by atoms with Crippen LogP contribution in [0.2, 0.25) is 0 Å². The molecule has 2 rings (SSSR count). The van der Waals surface area contributed by atoms with Crippen molar-refractivity contribution in [2.24, 2.45) is 0 Å². The van der Waals surface area contributed by atoms with E-state index < -0.39 is 29.2 Å². The SMILES string of the molecule is Cc1c(C(=O)NC(C)(C)CCC(=O)O)cnn1-c1cccc(C(F)(F)F)c1. The van der Waals surface area contributed by atoms with Crippen molar-refractivity contribution in [2.75, 3.05) is 0 Å². The summed E-state index contributed by atoms with van der Waals surface area (Å²) in [6, 6.07) is 4.65. The Kier molecular flexibility index (Phi) is 5.62. The molecule has 27 heavy (non-hydrogen) atoms. The molecule has 6 nitrogen and oxygen atoms in total. The van der Waals surface area contributed by atoms with Crippen LogP contribution in [0, 0.1) is 6.92 Å². The van der Waals surface area contributed by atoms with Crippen molar-refractivity contribution < 1.29 is 27.9 Å². The minimum absolute atomic E-state index is 0.101. The zero-order valence-corrected chi connectivity index (χ0v) is 15.1. The maximum absolute atomic E-state index is 12.9. The zero-order chi connectivity index (χ0) is 20.4. The molecule has 146 valence electrons. The Morgan fingerprint density at radius 1 is 1.26 bits per heavy atom. The van der Waals surface area contributed by atoms with Crippen LogP contribution in [-0.2, 0) is 11.0 Å². The van der Waals surface area contributed by atoms with E-state index in [1.165, 1.54) is 23.0 Å². The van der Waals surface area contributed by atoms with Crippen LogP contribution in [0.4, 0.5) is 13.2 Å². The minimum atomic E-state index is -4.48. The second kappa shape index (κ2) is 7.42. The molecule has 1 amide bonds. The summed E-state index contributed by atoms with van der Waals surface area (Å²) in [5.41, 5.74) is -0.806. The van der Waals surface area contributed by atoms with Crippen LogP contribution in [0.5, 0.6) is 0 Å². The summed E-state index contributed by atoms with van der Waals surface area (Å²) in [6.07, 6.45) is -3.08. The van der Waals surface area contributed by atoms with E-state index in [0.717, 1.165) is 12.1 Å². The van der Waals surface area contributed by atoms with E-state index >= 15 is 0 Å². The van der Waals surface area contributed by atoms with Gasteiger partial charge in [0.05, 0.1) is 28.7 Å². The Hall–Kier alpha value is -2.84. The van der Waals surface area contributed by atoms with E-state index in [4.69, 9.17) is 5.11 Å². The molecule has 1 heterocycles. The lowest BCUT2D eigenvalue weighted by Gasteiger charge is -2.25. The van der Waals surface area contributed by atoms with Crippen LogP contribution in [0.3, 0.4) is 0 Å². The van der Waals surface area contributed by atoms with Crippen molar-refractivity contribution in [1.82, 2.24) is 15.1 Å². The lowest BCUT2D eigenvalue weighted by Crippen LogP contribution is -2.43. The number of carbonyl (C=O) groups excluding carboxylic acids is 1. The Balaban J connectivity index is 2.25. The average Bonchev–Trinajstić information content (AvgIpc) is 2.94. The first-order valence-electron chi connectivity index (χ1n) is 8.17. The van der Waals surface area contributed by atoms with Gasteiger partial charge in [-0.2, -0.15) is 18.3 Å². The molecule has 2 aromatic rings. The predicted octanol–water partition coefficient (Wildman–Crippen LogP) is 3.57. The van der Waals surface area contributed by atoms with Crippen molar-refractivity contribution in [3.05, 3.63) is 47.3 Å². The minimum Gasteiger partial charge on any atom is -0.481 e. The van der Waals surface area contributed by atoms with E-state index in [1.54, 1.807) is 20.8 Å². The number of hydrogen-bond donors (Lipinski definition) is 2. The highest BCUT2D eigenvalue weighted by Crippen LogP contribution is 2.30. The second-order valence-electron chi connectivity index (χ2n) is 6.84. The number of hydrogen-bond acceptors (Lipinski definition) is 3. The van der Waals surface area contributed by atoms with Crippen molar-refractivity contribution in [2.45, 2.75) is 45.3 Å². The van der Waals surface area contributed by atoms with Gasteiger partial charge in [-0.1, -0.05) is 6.07 Å². The number of carboxylic acids is 1. The van der Waals surface area contributed by atoms with Crippen molar-refractivity contribution in [3.8, 4) is 5.69 Å². The number of aliphatic carboxylic acids is 1. The maximum Gasteiger partial charge on any atom is 0.416 e. The lowest BCUT2D eigenvalue weighted by atomic mass is 9.98. The molecular weight excluding hydrogens is 363 g/mol. The van der Waals surface area contributed by atoms with Gasteiger partial charge < -0.3 is 10.4 Å². The zero-order valence-electron chi connectivity index (χ0n) is 15.1. The topological polar surface area (TPSA) is 84.2 Å². The van der Waals surface area contributed by atoms with Crippen LogP contribution >= 0.6 is 0 Å². The molecule has 0 aliphatic rings. The van der Waals surface area contributed by atoms with Gasteiger partial charge in [-0.25, -0.2) is 4.68 Å². The largest absolute Gasteiger partial charge is 0.481 e. The molecule has 0 saturated carbocycles. The Labute approximate surface area is 154 Å². The summed E-state index contributed by atoms with van der Waals surface area (Å²) in [5.74, 6) is -1.44. The molecule has 0 unspecified atom stereocenters. The lowest BCUT2D eigenvalue weighted by molar-refractivity contribution is -0.138. The fourth-order valence-corrected chi connectivity index (χ4v) is 2.56. The molecule has 1 aromatic heterocycles. The maximum atomic E-state index is 12.9. The number of rotatable bonds is 6. The molecule has 0 saturated heterocycles. The number of nitrogens with one attached hydrogen (secondary N) is 1. The molecule has 0 aliphatic heterocycles. The summed E-state index contributed by atoms with van der Waals surface area (Å²) >= 11 is 0. The average molecular weight is 383 g/mol. The smallest absolute Gasteiger partial charge is 0.416 e. The highest BCUT2D eigenvalue weighted by Gasteiger charge is 2.31. The van der Waals surface area contributed by atoms with Crippen LogP contribution < -0.4 is 5.32 Å². The third-order valence-corrected chi connectivity index (χ3v) is 4.09. The van der Waals surface area contributed by atoms with Gasteiger partial charge in [0.2, 0.25) is 0 Å². The molecule has 0 spiro atoms. The third kappa shape index (κ3) is 5.08. The molecule has 0 atom stereocenters. The first kappa shape index (κ1) is 20.5. The van der Waals surface area contributed by atoms with Crippen LogP contribution in [0.25, 0.3) is 5.69 Å². The van der Waals surface area contributed by atoms with Crippen LogP contribution in [-0.4, -0.2) is 32.3 Å². The van der Waals surface area contributed by atoms with Crippen LogP contribution in [0.1, 0.15) is 48.3 Å². The first-order valence-corrected chi connectivity index (χ1v) is 8.17. The number of nitrogens with zero attached hydrogens (tertiary/aromatic N) is 2. The summed E-state index contributed by atoms with van der Waals surface area (Å²) in [7, 11) is 0. The van der Waals surface area contributed by atoms with E-state index in [2.05, 4.69) is 10.4 Å². The van der Waals surface area contributed by atoms with Gasteiger partial charge in [-0.15, -0.1) is 0 Å². The number of amides is 1. The Morgan fingerprint density at radius 3 is 2.52 bits per heavy atom. The summed E-state index contributed by atoms with van der Waals surface area (Å²) in [6.45, 7) is 4.97. The number of carboxylic acid groups (broad SMARTS) is 1. The normalized spacial score (nSPS) is 12.1. The molecule has 0 radical (unpaired) electrons. The number of halogens is 3.